The Balaban J connectivity index is 1.88. The van der Waals surface area contributed by atoms with E-state index in [9.17, 15) is 4.79 Å². The molecule has 0 bridgehead atoms. The molecule has 94 valence electrons. The number of carbonyl (C=O) groups excluding carboxylic acids is 1. The Morgan fingerprint density at radius 2 is 2.41 bits per heavy atom. The van der Waals surface area contributed by atoms with Gasteiger partial charge in [0.05, 0.1) is 6.04 Å². The lowest BCUT2D eigenvalue weighted by molar-refractivity contribution is 0.0501. The number of hydrogen-bond donors (Lipinski definition) is 2. The average Bonchev–Trinajstić information content (AvgIpc) is 2.61. The van der Waals surface area contributed by atoms with Gasteiger partial charge in [-0.15, -0.1) is 0 Å². The zero-order valence-electron chi connectivity index (χ0n) is 10.4. The first-order valence-corrected chi connectivity index (χ1v) is 5.68. The van der Waals surface area contributed by atoms with Crippen molar-refractivity contribution in [3.05, 3.63) is 12.4 Å². The molecule has 1 atom stereocenters. The molecule has 0 radical (unpaired) electrons. The minimum Gasteiger partial charge on any atom is -0.444 e. The van der Waals surface area contributed by atoms with Crippen molar-refractivity contribution >= 4 is 12.0 Å². The van der Waals surface area contributed by atoms with Gasteiger partial charge in [0.15, 0.2) is 0 Å². The fourth-order valence-corrected chi connectivity index (χ4v) is 1.71. The minimum atomic E-state index is -0.466. The van der Waals surface area contributed by atoms with Crippen LogP contribution in [0.25, 0.3) is 0 Å². The van der Waals surface area contributed by atoms with Crippen LogP contribution in [0.3, 0.4) is 0 Å². The van der Waals surface area contributed by atoms with Gasteiger partial charge in [0.1, 0.15) is 5.60 Å². The molecule has 1 aromatic rings. The Bertz CT molecular complexity index is 408. The Labute approximate surface area is 100 Å². The van der Waals surface area contributed by atoms with Gasteiger partial charge in [-0.2, -0.15) is 0 Å². The van der Waals surface area contributed by atoms with Crippen LogP contribution in [-0.4, -0.2) is 33.8 Å². The van der Waals surface area contributed by atoms with Gasteiger partial charge in [-0.05, 0) is 20.8 Å². The van der Waals surface area contributed by atoms with Crippen molar-refractivity contribution in [1.82, 2.24) is 14.9 Å². The van der Waals surface area contributed by atoms with E-state index in [0.717, 1.165) is 5.95 Å². The molecule has 2 heterocycles. The number of imidazole rings is 1. The van der Waals surface area contributed by atoms with Crippen molar-refractivity contribution in [3.63, 3.8) is 0 Å². The SMILES string of the molecule is CC(C)(C)OC(=O)N[C@H]1CNc2nccn2C1. The number of nitrogens with one attached hydrogen (secondary N) is 2. The van der Waals surface area contributed by atoms with Crippen LogP contribution in [0, 0.1) is 0 Å². The second-order valence-corrected chi connectivity index (χ2v) is 5.13. The second-order valence-electron chi connectivity index (χ2n) is 5.13. The summed E-state index contributed by atoms with van der Waals surface area (Å²) in [4.78, 5) is 15.7. The third-order valence-corrected chi connectivity index (χ3v) is 2.36. The van der Waals surface area contributed by atoms with E-state index in [2.05, 4.69) is 15.6 Å². The third-order valence-electron chi connectivity index (χ3n) is 2.36. The number of alkyl carbamates (subject to hydrolysis) is 1. The van der Waals surface area contributed by atoms with Crippen molar-refractivity contribution < 1.29 is 9.53 Å². The summed E-state index contributed by atoms with van der Waals surface area (Å²) in [6.07, 6.45) is 3.23. The maximum atomic E-state index is 11.6. The summed E-state index contributed by atoms with van der Waals surface area (Å²) in [5.74, 6) is 0.840. The fourth-order valence-electron chi connectivity index (χ4n) is 1.71. The first-order valence-electron chi connectivity index (χ1n) is 5.68. The van der Waals surface area contributed by atoms with Gasteiger partial charge in [0.25, 0.3) is 0 Å². The molecule has 0 saturated carbocycles. The molecule has 1 amide bonds. The summed E-state index contributed by atoms with van der Waals surface area (Å²) in [7, 11) is 0. The largest absolute Gasteiger partial charge is 0.444 e. The number of hydrogen-bond acceptors (Lipinski definition) is 4. The number of fused-ring (bicyclic) bond motifs is 1. The molecule has 2 rings (SSSR count). The Morgan fingerprint density at radius 3 is 3.12 bits per heavy atom. The molecular weight excluding hydrogens is 220 g/mol. The zero-order chi connectivity index (χ0) is 12.5. The highest BCUT2D eigenvalue weighted by Crippen LogP contribution is 2.12. The summed E-state index contributed by atoms with van der Waals surface area (Å²) in [5, 5.41) is 5.98. The molecule has 0 aromatic carbocycles. The van der Waals surface area contributed by atoms with Crippen LogP contribution in [0.4, 0.5) is 10.7 Å². The zero-order valence-corrected chi connectivity index (χ0v) is 10.4. The van der Waals surface area contributed by atoms with Gasteiger partial charge in [0.2, 0.25) is 5.95 Å². The lowest BCUT2D eigenvalue weighted by Gasteiger charge is -2.27. The Kier molecular flexibility index (Phi) is 2.95. The van der Waals surface area contributed by atoms with Gasteiger partial charge in [-0.1, -0.05) is 0 Å². The van der Waals surface area contributed by atoms with Crippen LogP contribution in [0.1, 0.15) is 20.8 Å². The molecule has 0 aliphatic carbocycles. The summed E-state index contributed by atoms with van der Waals surface area (Å²) < 4.78 is 7.17. The van der Waals surface area contributed by atoms with E-state index in [-0.39, 0.29) is 12.1 Å². The van der Waals surface area contributed by atoms with Gasteiger partial charge in [-0.3, -0.25) is 0 Å². The van der Waals surface area contributed by atoms with E-state index >= 15 is 0 Å². The Morgan fingerprint density at radius 1 is 1.65 bits per heavy atom. The number of amides is 1. The van der Waals surface area contributed by atoms with Crippen molar-refractivity contribution in [3.8, 4) is 0 Å². The van der Waals surface area contributed by atoms with E-state index in [1.165, 1.54) is 0 Å². The number of nitrogens with zero attached hydrogens (tertiary/aromatic N) is 2. The summed E-state index contributed by atoms with van der Waals surface area (Å²) in [5.41, 5.74) is -0.466. The maximum Gasteiger partial charge on any atom is 0.407 e. The van der Waals surface area contributed by atoms with Crippen LogP contribution in [-0.2, 0) is 11.3 Å². The van der Waals surface area contributed by atoms with Gasteiger partial charge >= 0.3 is 6.09 Å². The maximum absolute atomic E-state index is 11.6. The van der Waals surface area contributed by atoms with E-state index in [1.807, 2.05) is 31.5 Å². The molecule has 0 spiro atoms. The molecule has 17 heavy (non-hydrogen) atoms. The number of aromatic nitrogens is 2. The standard InChI is InChI=1S/C11H18N4O2/c1-11(2,3)17-10(16)14-8-6-13-9-12-4-5-15(9)7-8/h4-5,8H,6-7H2,1-3H3,(H,12,13)(H,14,16)/t8-/m0/s1. The Hall–Kier alpha value is -1.72. The first kappa shape index (κ1) is 11.8. The van der Waals surface area contributed by atoms with E-state index in [1.54, 1.807) is 6.20 Å². The van der Waals surface area contributed by atoms with Crippen LogP contribution in [0.2, 0.25) is 0 Å². The number of anilines is 1. The summed E-state index contributed by atoms with van der Waals surface area (Å²) in [6.45, 7) is 6.91. The predicted octanol–water partition coefficient (Wildman–Crippen LogP) is 1.20. The van der Waals surface area contributed by atoms with E-state index in [4.69, 9.17) is 4.74 Å². The van der Waals surface area contributed by atoms with Crippen molar-refractivity contribution in [2.24, 2.45) is 0 Å². The van der Waals surface area contributed by atoms with Crippen LogP contribution >= 0.6 is 0 Å². The van der Waals surface area contributed by atoms with Crippen molar-refractivity contribution in [1.29, 1.82) is 0 Å². The molecule has 6 nitrogen and oxygen atoms in total. The highest BCUT2D eigenvalue weighted by atomic mass is 16.6. The minimum absolute atomic E-state index is 0.0200. The summed E-state index contributed by atoms with van der Waals surface area (Å²) in [6, 6.07) is 0.0200. The molecule has 1 aliphatic heterocycles. The van der Waals surface area contributed by atoms with Gasteiger partial charge in [0, 0.05) is 25.5 Å². The topological polar surface area (TPSA) is 68.2 Å². The highest BCUT2D eigenvalue weighted by Gasteiger charge is 2.22. The number of rotatable bonds is 1. The quantitative estimate of drug-likeness (QED) is 0.771. The fraction of sp³-hybridized carbons (Fsp3) is 0.636. The van der Waals surface area contributed by atoms with Crippen LogP contribution < -0.4 is 10.6 Å². The average molecular weight is 238 g/mol. The normalized spacial score (nSPS) is 19.1. The molecule has 6 heteroatoms. The van der Waals surface area contributed by atoms with Gasteiger partial charge < -0.3 is 19.9 Å². The third kappa shape index (κ3) is 3.12. The molecule has 2 N–H and O–H groups in total. The number of ether oxygens (including phenoxy) is 1. The number of carbonyl (C=O) groups is 1. The first-order chi connectivity index (χ1) is 7.94. The van der Waals surface area contributed by atoms with Gasteiger partial charge in [-0.25, -0.2) is 9.78 Å². The molecule has 1 aromatic heterocycles. The summed E-state index contributed by atoms with van der Waals surface area (Å²) >= 11 is 0. The van der Waals surface area contributed by atoms with Crippen molar-refractivity contribution in [2.75, 3.05) is 11.9 Å². The molecule has 0 fully saturated rings. The second kappa shape index (κ2) is 4.27. The molecule has 0 saturated heterocycles. The van der Waals surface area contributed by atoms with Crippen molar-refractivity contribution in [2.45, 2.75) is 39.0 Å². The van der Waals surface area contributed by atoms with E-state index < -0.39 is 5.60 Å². The predicted molar refractivity (Wildman–Crippen MR) is 63.9 cm³/mol. The lowest BCUT2D eigenvalue weighted by atomic mass is 10.2. The monoisotopic (exact) mass is 238 g/mol. The smallest absolute Gasteiger partial charge is 0.407 e. The van der Waals surface area contributed by atoms with Crippen LogP contribution in [0.5, 0.6) is 0 Å². The highest BCUT2D eigenvalue weighted by molar-refractivity contribution is 5.68. The van der Waals surface area contributed by atoms with E-state index in [0.29, 0.717) is 13.1 Å². The van der Waals surface area contributed by atoms with Crippen LogP contribution in [0.15, 0.2) is 12.4 Å². The molecule has 0 unspecified atom stereocenters. The lowest BCUT2D eigenvalue weighted by Crippen LogP contribution is -2.47. The molecular formula is C11H18N4O2. The molecule has 1 aliphatic rings.